The van der Waals surface area contributed by atoms with Gasteiger partial charge in [0.25, 0.3) is 0 Å². The minimum Gasteiger partial charge on any atom is -0.491 e. The van der Waals surface area contributed by atoms with Crippen LogP contribution < -0.4 is 10.5 Å². The maximum absolute atomic E-state index is 5.94. The molecule has 1 rings (SSSR count). The molecule has 1 aromatic rings. The van der Waals surface area contributed by atoms with E-state index in [9.17, 15) is 0 Å². The summed E-state index contributed by atoms with van der Waals surface area (Å²) in [4.78, 5) is 0. The van der Waals surface area contributed by atoms with Crippen molar-refractivity contribution in [3.8, 4) is 5.75 Å². The van der Waals surface area contributed by atoms with Crippen LogP contribution in [-0.2, 0) is 4.74 Å². The maximum atomic E-state index is 5.94. The molecule has 1 atom stereocenters. The van der Waals surface area contributed by atoms with Gasteiger partial charge in [-0.1, -0.05) is 11.6 Å². The van der Waals surface area contributed by atoms with Gasteiger partial charge in [-0.2, -0.15) is 0 Å². The Labute approximate surface area is 95.1 Å². The normalized spacial score (nSPS) is 12.5. The number of hydrogen-bond donors (Lipinski definition) is 1. The largest absolute Gasteiger partial charge is 0.491 e. The Morgan fingerprint density at radius 3 is 2.67 bits per heavy atom. The van der Waals surface area contributed by atoms with Gasteiger partial charge in [-0.05, 0) is 30.7 Å². The van der Waals surface area contributed by atoms with Gasteiger partial charge in [-0.15, -0.1) is 0 Å². The highest BCUT2D eigenvalue weighted by Gasteiger charge is 2.04. The highest BCUT2D eigenvalue weighted by atomic mass is 35.5. The molecule has 84 valence electrons. The minimum atomic E-state index is -0.0477. The third-order valence-electron chi connectivity index (χ3n) is 1.98. The van der Waals surface area contributed by atoms with Gasteiger partial charge in [0.1, 0.15) is 12.4 Å². The van der Waals surface area contributed by atoms with Gasteiger partial charge in [-0.3, -0.25) is 0 Å². The Bertz CT molecular complexity index is 315. The second-order valence-electron chi connectivity index (χ2n) is 3.35. The van der Waals surface area contributed by atoms with E-state index in [1.165, 1.54) is 0 Å². The predicted octanol–water partition coefficient (Wildman–Crippen LogP) is 2.38. The van der Waals surface area contributed by atoms with Crippen LogP contribution in [0.15, 0.2) is 18.2 Å². The fraction of sp³-hybridized carbons (Fsp3) is 0.455. The van der Waals surface area contributed by atoms with Gasteiger partial charge in [0.2, 0.25) is 0 Å². The lowest BCUT2D eigenvalue weighted by Gasteiger charge is -2.10. The monoisotopic (exact) mass is 229 g/mol. The van der Waals surface area contributed by atoms with Crippen LogP contribution in [0, 0.1) is 0 Å². The first-order chi connectivity index (χ1) is 7.13. The number of hydrogen-bond acceptors (Lipinski definition) is 3. The number of benzene rings is 1. The van der Waals surface area contributed by atoms with Gasteiger partial charge in [0, 0.05) is 18.2 Å². The second-order valence-corrected chi connectivity index (χ2v) is 3.79. The third kappa shape index (κ3) is 4.08. The van der Waals surface area contributed by atoms with Crippen molar-refractivity contribution in [3.63, 3.8) is 0 Å². The Hall–Kier alpha value is -0.770. The first-order valence-electron chi connectivity index (χ1n) is 4.81. The van der Waals surface area contributed by atoms with Crippen molar-refractivity contribution in [1.82, 2.24) is 0 Å². The smallest absolute Gasteiger partial charge is 0.121 e. The van der Waals surface area contributed by atoms with Crippen LogP contribution in [0.3, 0.4) is 0 Å². The summed E-state index contributed by atoms with van der Waals surface area (Å²) in [5, 5.41) is 0.636. The molecule has 0 aliphatic carbocycles. The van der Waals surface area contributed by atoms with Crippen LogP contribution >= 0.6 is 11.6 Å². The molecular weight excluding hydrogens is 214 g/mol. The van der Waals surface area contributed by atoms with E-state index >= 15 is 0 Å². The lowest BCUT2D eigenvalue weighted by atomic mass is 10.1. The van der Waals surface area contributed by atoms with Crippen molar-refractivity contribution < 1.29 is 9.47 Å². The van der Waals surface area contributed by atoms with Crippen molar-refractivity contribution >= 4 is 11.6 Å². The molecule has 1 unspecified atom stereocenters. The summed E-state index contributed by atoms with van der Waals surface area (Å²) in [5.74, 6) is 0.729. The first kappa shape index (κ1) is 12.3. The number of rotatable bonds is 5. The van der Waals surface area contributed by atoms with Crippen molar-refractivity contribution in [1.29, 1.82) is 0 Å². The Morgan fingerprint density at radius 1 is 1.33 bits per heavy atom. The van der Waals surface area contributed by atoms with Crippen LogP contribution in [0.1, 0.15) is 18.5 Å². The third-order valence-corrected chi connectivity index (χ3v) is 2.19. The summed E-state index contributed by atoms with van der Waals surface area (Å²) in [5.41, 5.74) is 6.73. The number of nitrogens with two attached hydrogens (primary N) is 1. The summed E-state index contributed by atoms with van der Waals surface area (Å²) < 4.78 is 10.3. The second kappa shape index (κ2) is 5.95. The molecular formula is C11H16ClNO2. The first-order valence-corrected chi connectivity index (χ1v) is 5.19. The zero-order valence-corrected chi connectivity index (χ0v) is 9.75. The molecule has 0 fully saturated rings. The summed E-state index contributed by atoms with van der Waals surface area (Å²) >= 11 is 5.94. The number of methoxy groups -OCH3 is 1. The van der Waals surface area contributed by atoms with Crippen LogP contribution in [0.5, 0.6) is 5.75 Å². The lowest BCUT2D eigenvalue weighted by Crippen LogP contribution is -2.07. The summed E-state index contributed by atoms with van der Waals surface area (Å²) in [6, 6.07) is 5.46. The van der Waals surface area contributed by atoms with Gasteiger partial charge in [0.15, 0.2) is 0 Å². The van der Waals surface area contributed by atoms with Gasteiger partial charge < -0.3 is 15.2 Å². The topological polar surface area (TPSA) is 44.5 Å². The van der Waals surface area contributed by atoms with E-state index in [0.717, 1.165) is 11.3 Å². The molecule has 4 heteroatoms. The quantitative estimate of drug-likeness (QED) is 0.789. The van der Waals surface area contributed by atoms with Crippen LogP contribution in [0.2, 0.25) is 5.02 Å². The molecule has 0 saturated carbocycles. The van der Waals surface area contributed by atoms with E-state index < -0.39 is 0 Å². The molecule has 0 radical (unpaired) electrons. The van der Waals surface area contributed by atoms with E-state index in [0.29, 0.717) is 18.2 Å². The fourth-order valence-corrected chi connectivity index (χ4v) is 1.41. The highest BCUT2D eigenvalue weighted by Crippen LogP contribution is 2.23. The molecule has 0 aromatic heterocycles. The molecule has 15 heavy (non-hydrogen) atoms. The molecule has 2 N–H and O–H groups in total. The molecule has 1 aromatic carbocycles. The van der Waals surface area contributed by atoms with Gasteiger partial charge in [0.05, 0.1) is 6.61 Å². The van der Waals surface area contributed by atoms with E-state index in [1.807, 2.05) is 19.1 Å². The molecule has 0 amide bonds. The Morgan fingerprint density at radius 2 is 2.07 bits per heavy atom. The maximum Gasteiger partial charge on any atom is 0.121 e. The van der Waals surface area contributed by atoms with E-state index in [-0.39, 0.29) is 6.04 Å². The van der Waals surface area contributed by atoms with Gasteiger partial charge >= 0.3 is 0 Å². The Kier molecular flexibility index (Phi) is 4.88. The molecule has 0 heterocycles. The highest BCUT2D eigenvalue weighted by molar-refractivity contribution is 6.30. The zero-order valence-electron chi connectivity index (χ0n) is 9.00. The molecule has 0 aliphatic rings. The van der Waals surface area contributed by atoms with Crippen molar-refractivity contribution in [2.24, 2.45) is 5.73 Å². The van der Waals surface area contributed by atoms with Crippen LogP contribution in [0.25, 0.3) is 0 Å². The zero-order chi connectivity index (χ0) is 11.3. The fourth-order valence-electron chi connectivity index (χ4n) is 1.17. The summed E-state index contributed by atoms with van der Waals surface area (Å²) in [6.45, 7) is 2.97. The van der Waals surface area contributed by atoms with Crippen LogP contribution in [0.4, 0.5) is 0 Å². The molecule has 0 aliphatic heterocycles. The molecule has 3 nitrogen and oxygen atoms in total. The van der Waals surface area contributed by atoms with Gasteiger partial charge in [-0.25, -0.2) is 0 Å². The van der Waals surface area contributed by atoms with Crippen molar-refractivity contribution in [3.05, 3.63) is 28.8 Å². The Balaban J connectivity index is 2.71. The number of halogens is 1. The number of ether oxygens (including phenoxy) is 2. The average molecular weight is 230 g/mol. The SMILES string of the molecule is COCCOc1cc(Cl)cc(C(C)N)c1. The van der Waals surface area contributed by atoms with E-state index in [1.54, 1.807) is 13.2 Å². The van der Waals surface area contributed by atoms with E-state index in [2.05, 4.69) is 0 Å². The molecule has 0 bridgehead atoms. The van der Waals surface area contributed by atoms with Crippen LogP contribution in [-0.4, -0.2) is 20.3 Å². The standard InChI is InChI=1S/C11H16ClNO2/c1-8(13)9-5-10(12)7-11(6-9)15-4-3-14-2/h5-8H,3-4,13H2,1-2H3. The average Bonchev–Trinajstić information content (AvgIpc) is 2.17. The molecule has 0 spiro atoms. The summed E-state index contributed by atoms with van der Waals surface area (Å²) in [6.07, 6.45) is 0. The van der Waals surface area contributed by atoms with E-state index in [4.69, 9.17) is 26.8 Å². The van der Waals surface area contributed by atoms with Crippen molar-refractivity contribution in [2.75, 3.05) is 20.3 Å². The van der Waals surface area contributed by atoms with Crippen molar-refractivity contribution in [2.45, 2.75) is 13.0 Å². The molecule has 0 saturated heterocycles. The minimum absolute atomic E-state index is 0.0477. The summed E-state index contributed by atoms with van der Waals surface area (Å²) in [7, 11) is 1.63. The lowest BCUT2D eigenvalue weighted by molar-refractivity contribution is 0.146. The predicted molar refractivity (Wildman–Crippen MR) is 61.4 cm³/mol.